The summed E-state index contributed by atoms with van der Waals surface area (Å²) in [6.07, 6.45) is -0.130. The summed E-state index contributed by atoms with van der Waals surface area (Å²) in [6, 6.07) is 7.21. The fraction of sp³-hybridized carbons (Fsp3) is 0.385. The Hall–Kier alpha value is -1.14. The number of ketones is 1. The molecule has 0 aliphatic heterocycles. The van der Waals surface area contributed by atoms with Crippen LogP contribution in [0.15, 0.2) is 24.3 Å². The van der Waals surface area contributed by atoms with Gasteiger partial charge in [-0.3, -0.25) is 9.59 Å². The average Bonchev–Trinajstić information content (AvgIpc) is 2.27. The van der Waals surface area contributed by atoms with Crippen LogP contribution in [0, 0.1) is 0 Å². The van der Waals surface area contributed by atoms with Crippen LogP contribution in [0.25, 0.3) is 0 Å². The third kappa shape index (κ3) is 6.02. The maximum absolute atomic E-state index is 11.4. The standard InChI is InChI=1S/C13H17NO3S2/c1-8(15)6-10-4-3-5-11(7-10)17-9(2)14-12(16)13(18)19/h3-5,7,9,13,18-19H,6H2,1-2H3,(H,14,16). The summed E-state index contributed by atoms with van der Waals surface area (Å²) in [4.78, 5) is 22.4. The van der Waals surface area contributed by atoms with Crippen molar-refractivity contribution in [2.24, 2.45) is 0 Å². The molecule has 1 amide bonds. The topological polar surface area (TPSA) is 55.4 Å². The number of nitrogens with one attached hydrogen (secondary N) is 1. The Morgan fingerprint density at radius 3 is 2.63 bits per heavy atom. The zero-order valence-electron chi connectivity index (χ0n) is 10.8. The van der Waals surface area contributed by atoms with E-state index in [0.29, 0.717) is 12.2 Å². The van der Waals surface area contributed by atoms with Crippen molar-refractivity contribution >= 4 is 36.9 Å². The van der Waals surface area contributed by atoms with Crippen LogP contribution in [-0.2, 0) is 16.0 Å². The predicted octanol–water partition coefficient (Wildman–Crippen LogP) is 1.84. The van der Waals surface area contributed by atoms with Gasteiger partial charge >= 0.3 is 0 Å². The van der Waals surface area contributed by atoms with E-state index < -0.39 is 10.8 Å². The summed E-state index contributed by atoms with van der Waals surface area (Å²) in [5.74, 6) is 0.368. The minimum absolute atomic E-state index is 0.0893. The second kappa shape index (κ2) is 7.45. The van der Waals surface area contributed by atoms with Crippen molar-refractivity contribution in [2.75, 3.05) is 0 Å². The Kier molecular flexibility index (Phi) is 6.24. The normalized spacial score (nSPS) is 12.1. The molecule has 0 aliphatic carbocycles. The Labute approximate surface area is 123 Å². The molecule has 0 bridgehead atoms. The van der Waals surface area contributed by atoms with Crippen molar-refractivity contribution in [3.05, 3.63) is 29.8 Å². The number of Topliss-reactive ketones (excluding diaryl/α,β-unsaturated/α-hetero) is 1. The molecule has 0 saturated heterocycles. The fourth-order valence-corrected chi connectivity index (χ4v) is 1.67. The van der Waals surface area contributed by atoms with Gasteiger partial charge in [-0.25, -0.2) is 0 Å². The zero-order valence-corrected chi connectivity index (χ0v) is 12.6. The van der Waals surface area contributed by atoms with Crippen molar-refractivity contribution in [3.8, 4) is 5.75 Å². The molecule has 0 heterocycles. The highest BCUT2D eigenvalue weighted by atomic mass is 32.2. The Morgan fingerprint density at radius 2 is 2.05 bits per heavy atom. The SMILES string of the molecule is CC(=O)Cc1cccc(OC(C)NC(=O)C(S)S)c1. The Morgan fingerprint density at radius 1 is 1.37 bits per heavy atom. The number of hydrogen-bond donors (Lipinski definition) is 3. The molecule has 1 N–H and O–H groups in total. The predicted molar refractivity (Wildman–Crippen MR) is 80.8 cm³/mol. The van der Waals surface area contributed by atoms with Gasteiger partial charge in [0.2, 0.25) is 5.91 Å². The number of rotatable bonds is 6. The van der Waals surface area contributed by atoms with E-state index in [2.05, 4.69) is 30.6 Å². The van der Waals surface area contributed by atoms with Crippen LogP contribution in [-0.4, -0.2) is 22.5 Å². The fourth-order valence-electron chi connectivity index (χ4n) is 1.52. The van der Waals surface area contributed by atoms with Crippen LogP contribution < -0.4 is 10.1 Å². The molecule has 1 unspecified atom stereocenters. The van der Waals surface area contributed by atoms with E-state index in [-0.39, 0.29) is 11.7 Å². The quantitative estimate of drug-likeness (QED) is 0.555. The van der Waals surface area contributed by atoms with Gasteiger partial charge in [-0.1, -0.05) is 12.1 Å². The number of thiol groups is 2. The molecule has 0 aromatic heterocycles. The number of carbonyl (C=O) groups is 2. The van der Waals surface area contributed by atoms with Crippen LogP contribution >= 0.6 is 25.3 Å². The number of carbonyl (C=O) groups excluding carboxylic acids is 2. The van der Waals surface area contributed by atoms with Gasteiger partial charge in [-0.2, -0.15) is 25.3 Å². The number of hydrogen-bond acceptors (Lipinski definition) is 5. The minimum atomic E-state index is -0.685. The molecule has 6 heteroatoms. The second-order valence-corrected chi connectivity index (χ2v) is 5.61. The summed E-state index contributed by atoms with van der Waals surface area (Å²) in [5.41, 5.74) is 0.879. The molecule has 0 saturated carbocycles. The number of amides is 1. The van der Waals surface area contributed by atoms with Crippen LogP contribution in [0.2, 0.25) is 0 Å². The first-order chi connectivity index (χ1) is 8.88. The van der Waals surface area contributed by atoms with E-state index in [0.717, 1.165) is 5.56 Å². The van der Waals surface area contributed by atoms with Crippen molar-refractivity contribution in [3.63, 3.8) is 0 Å². The average molecular weight is 299 g/mol. The first kappa shape index (κ1) is 15.9. The summed E-state index contributed by atoms with van der Waals surface area (Å²) < 4.78 is 4.86. The third-order valence-corrected chi connectivity index (χ3v) is 2.71. The van der Waals surface area contributed by atoms with Gasteiger partial charge < -0.3 is 10.1 Å². The van der Waals surface area contributed by atoms with Crippen molar-refractivity contribution < 1.29 is 14.3 Å². The largest absolute Gasteiger partial charge is 0.471 e. The highest BCUT2D eigenvalue weighted by Crippen LogP contribution is 2.15. The molecular weight excluding hydrogens is 282 g/mol. The minimum Gasteiger partial charge on any atom is -0.471 e. The van der Waals surface area contributed by atoms with Crippen molar-refractivity contribution in [2.45, 2.75) is 31.1 Å². The molecule has 19 heavy (non-hydrogen) atoms. The van der Waals surface area contributed by atoms with Crippen LogP contribution in [0.3, 0.4) is 0 Å². The van der Waals surface area contributed by atoms with Gasteiger partial charge in [0.15, 0.2) is 6.23 Å². The van der Waals surface area contributed by atoms with E-state index in [1.165, 1.54) is 6.92 Å². The lowest BCUT2D eigenvalue weighted by atomic mass is 10.1. The summed E-state index contributed by atoms with van der Waals surface area (Å²) in [7, 11) is 0. The molecule has 1 aromatic rings. The monoisotopic (exact) mass is 299 g/mol. The van der Waals surface area contributed by atoms with E-state index in [9.17, 15) is 9.59 Å². The van der Waals surface area contributed by atoms with Gasteiger partial charge in [0, 0.05) is 6.42 Å². The van der Waals surface area contributed by atoms with Gasteiger partial charge in [0.1, 0.15) is 16.1 Å². The third-order valence-electron chi connectivity index (χ3n) is 2.24. The smallest absolute Gasteiger partial charge is 0.245 e. The summed E-state index contributed by atoms with van der Waals surface area (Å²) in [6.45, 7) is 3.25. The maximum atomic E-state index is 11.4. The molecule has 104 valence electrons. The lowest BCUT2D eigenvalue weighted by molar-refractivity contribution is -0.121. The van der Waals surface area contributed by atoms with E-state index >= 15 is 0 Å². The lowest BCUT2D eigenvalue weighted by Gasteiger charge is -2.17. The Balaban J connectivity index is 2.61. The molecule has 1 rings (SSSR count). The van der Waals surface area contributed by atoms with E-state index in [4.69, 9.17) is 4.74 Å². The number of ether oxygens (including phenoxy) is 1. The van der Waals surface area contributed by atoms with Gasteiger partial charge in [-0.05, 0) is 31.5 Å². The molecule has 4 nitrogen and oxygen atoms in total. The van der Waals surface area contributed by atoms with Gasteiger partial charge in [0.25, 0.3) is 0 Å². The van der Waals surface area contributed by atoms with Crippen molar-refractivity contribution in [1.82, 2.24) is 5.32 Å². The highest BCUT2D eigenvalue weighted by molar-refractivity contribution is 8.00. The molecule has 0 fully saturated rings. The van der Waals surface area contributed by atoms with Gasteiger partial charge in [0.05, 0.1) is 0 Å². The molecular formula is C13H17NO3S2. The first-order valence-corrected chi connectivity index (χ1v) is 6.83. The van der Waals surface area contributed by atoms with Crippen LogP contribution in [0.5, 0.6) is 5.75 Å². The lowest BCUT2D eigenvalue weighted by Crippen LogP contribution is -2.39. The maximum Gasteiger partial charge on any atom is 0.245 e. The first-order valence-electron chi connectivity index (χ1n) is 5.80. The second-order valence-electron chi connectivity index (χ2n) is 4.17. The molecule has 1 aromatic carbocycles. The molecule has 0 aliphatic rings. The van der Waals surface area contributed by atoms with Crippen molar-refractivity contribution in [1.29, 1.82) is 0 Å². The molecule has 0 spiro atoms. The molecule has 0 radical (unpaired) electrons. The zero-order chi connectivity index (χ0) is 14.4. The van der Waals surface area contributed by atoms with Crippen LogP contribution in [0.1, 0.15) is 19.4 Å². The van der Waals surface area contributed by atoms with E-state index in [1.54, 1.807) is 19.1 Å². The summed E-state index contributed by atoms with van der Waals surface area (Å²) in [5, 5.41) is 2.61. The molecule has 1 atom stereocenters. The summed E-state index contributed by atoms with van der Waals surface area (Å²) >= 11 is 7.81. The highest BCUT2D eigenvalue weighted by Gasteiger charge is 2.13. The van der Waals surface area contributed by atoms with E-state index in [1.807, 2.05) is 12.1 Å². The van der Waals surface area contributed by atoms with Gasteiger partial charge in [-0.15, -0.1) is 0 Å². The Bertz CT molecular complexity index is 463. The van der Waals surface area contributed by atoms with Crippen LogP contribution in [0.4, 0.5) is 0 Å². The number of benzene rings is 1.